The van der Waals surface area contributed by atoms with Crippen LogP contribution in [0.1, 0.15) is 5.56 Å². The van der Waals surface area contributed by atoms with Crippen molar-refractivity contribution in [3.8, 4) is 17.2 Å². The van der Waals surface area contributed by atoms with Crippen molar-refractivity contribution < 1.29 is 4.42 Å². The number of halogens is 1. The van der Waals surface area contributed by atoms with Gasteiger partial charge < -0.3 is 4.42 Å². The van der Waals surface area contributed by atoms with Crippen molar-refractivity contribution in [3.05, 3.63) is 53.5 Å². The Kier molecular flexibility index (Phi) is 2.51. The van der Waals surface area contributed by atoms with Crippen molar-refractivity contribution in [2.45, 2.75) is 0 Å². The minimum absolute atomic E-state index is 0.209. The molecule has 0 aliphatic carbocycles. The summed E-state index contributed by atoms with van der Waals surface area (Å²) in [5.41, 5.74) is 2.74. The molecule has 0 atom stereocenters. The molecule has 3 nitrogen and oxygen atoms in total. The maximum absolute atomic E-state index is 9.17. The van der Waals surface area contributed by atoms with Gasteiger partial charge in [-0.05, 0) is 12.1 Å². The van der Waals surface area contributed by atoms with Crippen molar-refractivity contribution in [3.63, 3.8) is 0 Å². The van der Waals surface area contributed by atoms with Gasteiger partial charge in [0.25, 0.3) is 0 Å². The van der Waals surface area contributed by atoms with Gasteiger partial charge in [0.15, 0.2) is 0 Å². The van der Waals surface area contributed by atoms with Gasteiger partial charge in [0, 0.05) is 22.7 Å². The number of hydrogen-bond donors (Lipinski definition) is 0. The fourth-order valence-corrected chi connectivity index (χ4v) is 2.15. The van der Waals surface area contributed by atoms with Crippen molar-refractivity contribution >= 4 is 22.6 Å². The van der Waals surface area contributed by atoms with Gasteiger partial charge in [0.2, 0.25) is 0 Å². The van der Waals surface area contributed by atoms with Gasteiger partial charge in [-0.25, -0.2) is 4.98 Å². The van der Waals surface area contributed by atoms with Crippen LogP contribution in [-0.4, -0.2) is 4.98 Å². The van der Waals surface area contributed by atoms with E-state index in [2.05, 4.69) is 11.1 Å². The summed E-state index contributed by atoms with van der Waals surface area (Å²) in [4.78, 5) is 3.91. The van der Waals surface area contributed by atoms with Gasteiger partial charge in [-0.1, -0.05) is 29.8 Å². The molecule has 3 aromatic rings. The molecule has 0 radical (unpaired) electrons. The Morgan fingerprint density at radius 3 is 2.83 bits per heavy atom. The van der Waals surface area contributed by atoms with Crippen LogP contribution in [0.4, 0.5) is 0 Å². The summed E-state index contributed by atoms with van der Waals surface area (Å²) in [5.74, 6) is 0. The number of nitriles is 1. The Bertz CT molecular complexity index is 771. The van der Waals surface area contributed by atoms with Crippen LogP contribution < -0.4 is 0 Å². The molecule has 1 aromatic carbocycles. The van der Waals surface area contributed by atoms with Gasteiger partial charge in [0.1, 0.15) is 16.8 Å². The second-order valence-electron chi connectivity index (χ2n) is 3.78. The second kappa shape index (κ2) is 4.17. The molecule has 0 saturated heterocycles. The highest BCUT2D eigenvalue weighted by molar-refractivity contribution is 6.31. The van der Waals surface area contributed by atoms with E-state index in [9.17, 15) is 0 Å². The quantitative estimate of drug-likeness (QED) is 0.616. The molecule has 2 heterocycles. The van der Waals surface area contributed by atoms with E-state index < -0.39 is 0 Å². The van der Waals surface area contributed by atoms with Crippen LogP contribution in [0.2, 0.25) is 5.15 Å². The number of rotatable bonds is 1. The fourth-order valence-electron chi connectivity index (χ4n) is 1.95. The average Bonchev–Trinajstić information content (AvgIpc) is 2.82. The third-order valence-corrected chi connectivity index (χ3v) is 3.07. The maximum atomic E-state index is 9.17. The highest BCUT2D eigenvalue weighted by Crippen LogP contribution is 2.33. The van der Waals surface area contributed by atoms with E-state index in [0.717, 1.165) is 22.1 Å². The summed E-state index contributed by atoms with van der Waals surface area (Å²) in [6.45, 7) is 0. The van der Waals surface area contributed by atoms with Crippen molar-refractivity contribution in [1.29, 1.82) is 5.26 Å². The summed E-state index contributed by atoms with van der Waals surface area (Å²) >= 11 is 5.93. The number of fused-ring (bicyclic) bond motifs is 1. The third kappa shape index (κ3) is 1.55. The molecular formula is C14H7ClN2O. The summed E-state index contributed by atoms with van der Waals surface area (Å²) in [7, 11) is 0. The number of para-hydroxylation sites is 1. The van der Waals surface area contributed by atoms with Gasteiger partial charge in [-0.15, -0.1) is 0 Å². The van der Waals surface area contributed by atoms with Crippen LogP contribution in [0, 0.1) is 11.3 Å². The zero-order valence-electron chi connectivity index (χ0n) is 9.22. The lowest BCUT2D eigenvalue weighted by atomic mass is 10.0. The topological polar surface area (TPSA) is 49.8 Å². The lowest BCUT2D eigenvalue weighted by molar-refractivity contribution is 0.617. The van der Waals surface area contributed by atoms with Crippen LogP contribution in [0.5, 0.6) is 0 Å². The Hall–Kier alpha value is -2.31. The van der Waals surface area contributed by atoms with Gasteiger partial charge in [0.05, 0.1) is 11.8 Å². The lowest BCUT2D eigenvalue weighted by Crippen LogP contribution is -1.87. The smallest absolute Gasteiger partial charge is 0.147 e. The molecule has 0 aliphatic heterocycles. The number of furan rings is 1. The van der Waals surface area contributed by atoms with E-state index >= 15 is 0 Å². The van der Waals surface area contributed by atoms with Crippen LogP contribution in [-0.2, 0) is 0 Å². The second-order valence-corrected chi connectivity index (χ2v) is 4.14. The zero-order valence-corrected chi connectivity index (χ0v) is 9.98. The summed E-state index contributed by atoms with van der Waals surface area (Å²) < 4.78 is 5.47. The number of nitrogens with zero attached hydrogens (tertiary/aromatic N) is 2. The number of hydrogen-bond acceptors (Lipinski definition) is 3. The molecular weight excluding hydrogens is 248 g/mol. The van der Waals surface area contributed by atoms with Crippen molar-refractivity contribution in [2.24, 2.45) is 0 Å². The molecule has 4 heteroatoms. The monoisotopic (exact) mass is 254 g/mol. The Morgan fingerprint density at radius 2 is 2.00 bits per heavy atom. The van der Waals surface area contributed by atoms with E-state index in [1.807, 2.05) is 24.3 Å². The van der Waals surface area contributed by atoms with Crippen molar-refractivity contribution in [1.82, 2.24) is 4.98 Å². The van der Waals surface area contributed by atoms with Crippen LogP contribution in [0.25, 0.3) is 22.1 Å². The minimum atomic E-state index is 0.209. The lowest BCUT2D eigenvalue weighted by Gasteiger charge is -2.02. The number of aromatic nitrogens is 1. The summed E-state index contributed by atoms with van der Waals surface area (Å²) in [6, 6.07) is 11.5. The third-order valence-electron chi connectivity index (χ3n) is 2.79. The van der Waals surface area contributed by atoms with E-state index in [1.54, 1.807) is 18.5 Å². The fraction of sp³-hybridized carbons (Fsp3) is 0. The number of benzene rings is 1. The Balaban J connectivity index is 2.34. The largest absolute Gasteiger partial charge is 0.464 e. The van der Waals surface area contributed by atoms with Crippen molar-refractivity contribution in [2.75, 3.05) is 0 Å². The SMILES string of the molecule is N#Cc1c(-c2coc3ccccc23)ccnc1Cl. The normalized spacial score (nSPS) is 10.4. The first-order valence-corrected chi connectivity index (χ1v) is 5.70. The molecule has 86 valence electrons. The Labute approximate surface area is 108 Å². The first kappa shape index (κ1) is 10.8. The molecule has 0 fully saturated rings. The predicted octanol–water partition coefficient (Wildman–Crippen LogP) is 4.02. The van der Waals surface area contributed by atoms with Gasteiger partial charge in [-0.3, -0.25) is 0 Å². The van der Waals surface area contributed by atoms with Gasteiger partial charge >= 0.3 is 0 Å². The van der Waals surface area contributed by atoms with Crippen LogP contribution in [0.3, 0.4) is 0 Å². The molecule has 0 aliphatic rings. The highest BCUT2D eigenvalue weighted by atomic mass is 35.5. The molecule has 2 aromatic heterocycles. The van der Waals surface area contributed by atoms with E-state index in [4.69, 9.17) is 21.3 Å². The number of pyridine rings is 1. The standard InChI is InChI=1S/C14H7ClN2O/c15-14-11(7-16)9(5-6-17-14)12-8-18-13-4-2-1-3-10(12)13/h1-6,8H. The predicted molar refractivity (Wildman–Crippen MR) is 69.2 cm³/mol. The van der Waals surface area contributed by atoms with E-state index in [-0.39, 0.29) is 5.15 Å². The Morgan fingerprint density at radius 1 is 1.17 bits per heavy atom. The average molecular weight is 255 g/mol. The van der Waals surface area contributed by atoms with Gasteiger partial charge in [-0.2, -0.15) is 5.26 Å². The molecule has 3 rings (SSSR count). The first-order valence-electron chi connectivity index (χ1n) is 5.32. The maximum Gasteiger partial charge on any atom is 0.147 e. The first-order chi connectivity index (χ1) is 8.81. The van der Waals surface area contributed by atoms with E-state index in [1.165, 1.54) is 0 Å². The molecule has 0 unspecified atom stereocenters. The zero-order chi connectivity index (χ0) is 12.5. The summed E-state index contributed by atoms with van der Waals surface area (Å²) in [6.07, 6.45) is 3.22. The molecule has 0 amide bonds. The molecule has 0 bridgehead atoms. The van der Waals surface area contributed by atoms with Crippen LogP contribution >= 0.6 is 11.6 Å². The molecule has 18 heavy (non-hydrogen) atoms. The highest BCUT2D eigenvalue weighted by Gasteiger charge is 2.14. The molecule has 0 spiro atoms. The molecule has 0 saturated carbocycles. The van der Waals surface area contributed by atoms with Crippen LogP contribution in [0.15, 0.2) is 47.2 Å². The van der Waals surface area contributed by atoms with E-state index in [0.29, 0.717) is 5.56 Å². The minimum Gasteiger partial charge on any atom is -0.464 e. The summed E-state index contributed by atoms with van der Waals surface area (Å²) in [5, 5.41) is 10.3. The molecule has 0 N–H and O–H groups in total.